The predicted molar refractivity (Wildman–Crippen MR) is 55.5 cm³/mol. The summed E-state index contributed by atoms with van der Waals surface area (Å²) in [6, 6.07) is 7.06. The van der Waals surface area contributed by atoms with E-state index in [1.54, 1.807) is 24.3 Å². The van der Waals surface area contributed by atoms with Gasteiger partial charge in [0.1, 0.15) is 10.9 Å². The summed E-state index contributed by atoms with van der Waals surface area (Å²) in [6.45, 7) is 1.49. The maximum Gasteiger partial charge on any atom is 0.217 e. The fourth-order valence-electron chi connectivity index (χ4n) is 1.35. The number of hydrogen-bond acceptors (Lipinski definition) is 4. The Kier molecular flexibility index (Phi) is 2.24. The molecule has 0 bridgehead atoms. The standard InChI is InChI=1S/C9H10N2O3S/c1-6(15(10,12)13)9-7-4-2-3-5-8(7)14-11-9/h2-6H,1H3,(H2,10,12,13). The lowest BCUT2D eigenvalue weighted by Crippen LogP contribution is -2.19. The highest BCUT2D eigenvalue weighted by Gasteiger charge is 2.23. The van der Waals surface area contributed by atoms with Crippen LogP contribution in [0.15, 0.2) is 28.8 Å². The second-order valence-electron chi connectivity index (χ2n) is 3.30. The van der Waals surface area contributed by atoms with Gasteiger partial charge in [-0.25, -0.2) is 13.6 Å². The maximum atomic E-state index is 11.2. The molecule has 15 heavy (non-hydrogen) atoms. The van der Waals surface area contributed by atoms with Crippen molar-refractivity contribution in [3.05, 3.63) is 30.0 Å². The molecule has 0 fully saturated rings. The van der Waals surface area contributed by atoms with Crippen LogP contribution in [0.3, 0.4) is 0 Å². The number of fused-ring (bicyclic) bond motifs is 1. The average Bonchev–Trinajstić information content (AvgIpc) is 2.58. The average molecular weight is 226 g/mol. The summed E-state index contributed by atoms with van der Waals surface area (Å²) in [5.41, 5.74) is 0.913. The summed E-state index contributed by atoms with van der Waals surface area (Å²) in [5.74, 6) is 0. The first-order chi connectivity index (χ1) is 7.00. The molecule has 2 rings (SSSR count). The third-order valence-corrected chi connectivity index (χ3v) is 3.49. The van der Waals surface area contributed by atoms with Gasteiger partial charge in [-0.15, -0.1) is 0 Å². The molecule has 2 N–H and O–H groups in total. The molecule has 6 heteroatoms. The highest BCUT2D eigenvalue weighted by atomic mass is 32.2. The number of sulfonamides is 1. The Labute approximate surface area is 86.9 Å². The normalized spacial score (nSPS) is 14.3. The van der Waals surface area contributed by atoms with Gasteiger partial charge in [0.05, 0.1) is 0 Å². The van der Waals surface area contributed by atoms with E-state index in [2.05, 4.69) is 5.16 Å². The topological polar surface area (TPSA) is 86.2 Å². The quantitative estimate of drug-likeness (QED) is 0.832. The zero-order chi connectivity index (χ0) is 11.1. The molecule has 0 saturated carbocycles. The zero-order valence-electron chi connectivity index (χ0n) is 8.04. The van der Waals surface area contributed by atoms with Crippen molar-refractivity contribution in [1.29, 1.82) is 0 Å². The van der Waals surface area contributed by atoms with Crippen molar-refractivity contribution < 1.29 is 12.9 Å². The van der Waals surface area contributed by atoms with Crippen LogP contribution in [0.25, 0.3) is 11.0 Å². The van der Waals surface area contributed by atoms with Gasteiger partial charge < -0.3 is 4.52 Å². The summed E-state index contributed by atoms with van der Waals surface area (Å²) in [4.78, 5) is 0. The number of rotatable bonds is 2. The summed E-state index contributed by atoms with van der Waals surface area (Å²) in [7, 11) is -3.64. The summed E-state index contributed by atoms with van der Waals surface area (Å²) in [6.07, 6.45) is 0. The summed E-state index contributed by atoms with van der Waals surface area (Å²) < 4.78 is 27.3. The predicted octanol–water partition coefficient (Wildman–Crippen LogP) is 1.18. The number of primary sulfonamides is 1. The Morgan fingerprint density at radius 1 is 1.40 bits per heavy atom. The molecule has 1 aromatic carbocycles. The molecule has 2 aromatic rings. The Balaban J connectivity index is 2.63. The van der Waals surface area contributed by atoms with E-state index in [-0.39, 0.29) is 0 Å². The van der Waals surface area contributed by atoms with Crippen LogP contribution in [-0.2, 0) is 10.0 Å². The van der Waals surface area contributed by atoms with Crippen molar-refractivity contribution in [3.8, 4) is 0 Å². The van der Waals surface area contributed by atoms with Gasteiger partial charge in [-0.05, 0) is 19.1 Å². The fourth-order valence-corrected chi connectivity index (χ4v) is 1.84. The number of nitrogens with two attached hydrogens (primary N) is 1. The lowest BCUT2D eigenvalue weighted by molar-refractivity contribution is 0.444. The van der Waals surface area contributed by atoms with E-state index < -0.39 is 15.3 Å². The molecule has 1 heterocycles. The van der Waals surface area contributed by atoms with E-state index in [1.807, 2.05) is 0 Å². The third kappa shape index (κ3) is 1.73. The smallest absolute Gasteiger partial charge is 0.217 e. The van der Waals surface area contributed by atoms with Crippen LogP contribution in [0.2, 0.25) is 0 Å². The minimum atomic E-state index is -3.64. The number of para-hydroxylation sites is 1. The molecule has 0 amide bonds. The zero-order valence-corrected chi connectivity index (χ0v) is 8.86. The Bertz CT molecular complexity index is 588. The van der Waals surface area contributed by atoms with Crippen molar-refractivity contribution in [2.75, 3.05) is 0 Å². The first kappa shape index (κ1) is 10.1. The van der Waals surface area contributed by atoms with Gasteiger partial charge >= 0.3 is 0 Å². The molecular weight excluding hydrogens is 216 g/mol. The largest absolute Gasteiger partial charge is 0.356 e. The highest BCUT2D eigenvalue weighted by Crippen LogP contribution is 2.26. The van der Waals surface area contributed by atoms with Gasteiger partial charge in [0.25, 0.3) is 0 Å². The van der Waals surface area contributed by atoms with Crippen molar-refractivity contribution in [2.45, 2.75) is 12.2 Å². The lowest BCUT2D eigenvalue weighted by Gasteiger charge is -2.04. The highest BCUT2D eigenvalue weighted by molar-refractivity contribution is 7.89. The van der Waals surface area contributed by atoms with E-state index >= 15 is 0 Å². The maximum absolute atomic E-state index is 11.2. The van der Waals surface area contributed by atoms with Crippen LogP contribution in [0.4, 0.5) is 0 Å². The van der Waals surface area contributed by atoms with Crippen LogP contribution < -0.4 is 5.14 Å². The molecule has 1 aromatic heterocycles. The molecule has 0 saturated heterocycles. The Morgan fingerprint density at radius 3 is 2.73 bits per heavy atom. The van der Waals surface area contributed by atoms with E-state index in [4.69, 9.17) is 9.66 Å². The van der Waals surface area contributed by atoms with E-state index in [0.29, 0.717) is 16.7 Å². The second-order valence-corrected chi connectivity index (χ2v) is 5.18. The molecule has 80 valence electrons. The molecule has 1 unspecified atom stereocenters. The molecule has 1 atom stereocenters. The molecular formula is C9H10N2O3S. The minimum Gasteiger partial charge on any atom is -0.356 e. The Morgan fingerprint density at radius 2 is 2.07 bits per heavy atom. The van der Waals surface area contributed by atoms with Gasteiger partial charge in [0.2, 0.25) is 10.0 Å². The van der Waals surface area contributed by atoms with Crippen molar-refractivity contribution >= 4 is 21.0 Å². The van der Waals surface area contributed by atoms with Gasteiger partial charge in [-0.1, -0.05) is 17.3 Å². The lowest BCUT2D eigenvalue weighted by atomic mass is 10.2. The fraction of sp³-hybridized carbons (Fsp3) is 0.222. The summed E-state index contributed by atoms with van der Waals surface area (Å²) >= 11 is 0. The Hall–Kier alpha value is -1.40. The molecule has 0 aliphatic rings. The number of nitrogens with zero attached hydrogens (tertiary/aromatic N) is 1. The van der Waals surface area contributed by atoms with Gasteiger partial charge in [0, 0.05) is 5.39 Å². The van der Waals surface area contributed by atoms with Crippen molar-refractivity contribution in [2.24, 2.45) is 5.14 Å². The number of hydrogen-bond donors (Lipinski definition) is 1. The molecule has 0 radical (unpaired) electrons. The van der Waals surface area contributed by atoms with Crippen molar-refractivity contribution in [1.82, 2.24) is 5.16 Å². The SMILES string of the molecule is CC(c1noc2ccccc12)S(N)(=O)=O. The summed E-state index contributed by atoms with van der Waals surface area (Å²) in [5, 5.41) is 8.60. The number of aromatic nitrogens is 1. The minimum absolute atomic E-state index is 0.355. The van der Waals surface area contributed by atoms with E-state index in [0.717, 1.165) is 0 Å². The number of benzene rings is 1. The first-order valence-electron chi connectivity index (χ1n) is 4.36. The molecule has 0 aliphatic carbocycles. The molecule has 5 nitrogen and oxygen atoms in total. The van der Waals surface area contributed by atoms with Crippen LogP contribution in [0.1, 0.15) is 17.9 Å². The first-order valence-corrected chi connectivity index (χ1v) is 5.97. The van der Waals surface area contributed by atoms with Gasteiger partial charge in [-0.2, -0.15) is 0 Å². The van der Waals surface area contributed by atoms with E-state index in [9.17, 15) is 8.42 Å². The monoisotopic (exact) mass is 226 g/mol. The second kappa shape index (κ2) is 3.32. The van der Waals surface area contributed by atoms with Gasteiger partial charge in [-0.3, -0.25) is 0 Å². The molecule has 0 aliphatic heterocycles. The van der Waals surface area contributed by atoms with Crippen LogP contribution in [0.5, 0.6) is 0 Å². The van der Waals surface area contributed by atoms with E-state index in [1.165, 1.54) is 6.92 Å². The van der Waals surface area contributed by atoms with Crippen molar-refractivity contribution in [3.63, 3.8) is 0 Å². The van der Waals surface area contributed by atoms with Gasteiger partial charge in [0.15, 0.2) is 5.58 Å². The third-order valence-electron chi connectivity index (χ3n) is 2.28. The van der Waals surface area contributed by atoms with Crippen LogP contribution in [-0.4, -0.2) is 13.6 Å². The van der Waals surface area contributed by atoms with Crippen LogP contribution in [0, 0.1) is 0 Å². The van der Waals surface area contributed by atoms with Crippen LogP contribution >= 0.6 is 0 Å². The molecule has 0 spiro atoms.